The highest BCUT2D eigenvalue weighted by Gasteiger charge is 1.81. The van der Waals surface area contributed by atoms with E-state index in [1.165, 1.54) is 6.42 Å². The fourth-order valence-corrected chi connectivity index (χ4v) is 0.444. The van der Waals surface area contributed by atoms with Crippen molar-refractivity contribution in [2.75, 3.05) is 13.6 Å². The highest BCUT2D eigenvalue weighted by Crippen LogP contribution is 1.82. The van der Waals surface area contributed by atoms with Crippen LogP contribution in [-0.4, -0.2) is 18.5 Å². The molecule has 1 nitrogen and oxygen atoms in total. The van der Waals surface area contributed by atoms with Gasteiger partial charge >= 0.3 is 0 Å². The molecule has 56 valence electrons. The average Bonchev–Trinajstić information content (AvgIpc) is 1.93. The first-order valence-corrected chi connectivity index (χ1v) is 3.64. The normalized spacial score (nSPS) is 7.11. The first-order chi connectivity index (χ1) is 4.31. The second-order valence-electron chi connectivity index (χ2n) is 1.66. The molecule has 0 radical (unpaired) electrons. The summed E-state index contributed by atoms with van der Waals surface area (Å²) in [7, 11) is 2.02. The Bertz CT molecular complexity index is 50.5. The van der Waals surface area contributed by atoms with E-state index in [9.17, 15) is 0 Å². The van der Waals surface area contributed by atoms with Crippen molar-refractivity contribution in [3.05, 3.63) is 12.8 Å². The minimum Gasteiger partial charge on any atom is -0.381 e. The minimum atomic E-state index is 1.11. The molecule has 9 heavy (non-hydrogen) atoms. The van der Waals surface area contributed by atoms with Gasteiger partial charge < -0.3 is 4.90 Å². The molecule has 0 aliphatic carbocycles. The van der Waals surface area contributed by atoms with E-state index in [0.29, 0.717) is 0 Å². The van der Waals surface area contributed by atoms with E-state index in [1.54, 1.807) is 0 Å². The molecule has 0 fully saturated rings. The van der Waals surface area contributed by atoms with Crippen LogP contribution in [0.4, 0.5) is 0 Å². The molecule has 0 aromatic carbocycles. The van der Waals surface area contributed by atoms with Crippen LogP contribution in [0.5, 0.6) is 0 Å². The van der Waals surface area contributed by atoms with Crippen LogP contribution in [0.1, 0.15) is 27.2 Å². The summed E-state index contributed by atoms with van der Waals surface area (Å²) in [6.07, 6.45) is 3.03. The molecule has 0 aliphatic rings. The molecule has 0 heterocycles. The van der Waals surface area contributed by atoms with Gasteiger partial charge in [-0.05, 0) is 12.6 Å². The predicted molar refractivity (Wildman–Crippen MR) is 44.5 cm³/mol. The van der Waals surface area contributed by atoms with E-state index in [0.717, 1.165) is 6.54 Å². The number of hydrogen-bond donors (Lipinski definition) is 0. The Labute approximate surface area is 59.4 Å². The van der Waals surface area contributed by atoms with Gasteiger partial charge in [-0.15, -0.1) is 0 Å². The maximum Gasteiger partial charge on any atom is 0.0166 e. The summed E-state index contributed by atoms with van der Waals surface area (Å²) in [6, 6.07) is 0. The lowest BCUT2D eigenvalue weighted by Crippen LogP contribution is -2.09. The highest BCUT2D eigenvalue weighted by molar-refractivity contribution is 4.64. The fourth-order valence-electron chi connectivity index (χ4n) is 0.444. The number of nitrogens with zero attached hydrogens (tertiary/aromatic N) is 1. The monoisotopic (exact) mass is 129 g/mol. The summed E-state index contributed by atoms with van der Waals surface area (Å²) >= 11 is 0. The molecule has 0 amide bonds. The third-order valence-corrected chi connectivity index (χ3v) is 0.888. The van der Waals surface area contributed by atoms with Gasteiger partial charge in [0.25, 0.3) is 0 Å². The van der Waals surface area contributed by atoms with Crippen LogP contribution in [0, 0.1) is 0 Å². The molecule has 0 rings (SSSR count). The summed E-state index contributed by atoms with van der Waals surface area (Å²) in [4.78, 5) is 2.07. The van der Waals surface area contributed by atoms with Crippen molar-refractivity contribution in [2.24, 2.45) is 0 Å². The third-order valence-electron chi connectivity index (χ3n) is 0.888. The largest absolute Gasteiger partial charge is 0.381 e. The van der Waals surface area contributed by atoms with Crippen molar-refractivity contribution in [1.29, 1.82) is 0 Å². The van der Waals surface area contributed by atoms with Crippen molar-refractivity contribution < 1.29 is 0 Å². The van der Waals surface area contributed by atoms with Crippen LogP contribution in [-0.2, 0) is 0 Å². The lowest BCUT2D eigenvalue weighted by atomic mass is 10.5. The Kier molecular flexibility index (Phi) is 13.3. The van der Waals surface area contributed by atoms with Crippen LogP contribution in [0.15, 0.2) is 12.8 Å². The van der Waals surface area contributed by atoms with Gasteiger partial charge in [0.15, 0.2) is 0 Å². The zero-order valence-corrected chi connectivity index (χ0v) is 7.15. The van der Waals surface area contributed by atoms with Crippen molar-refractivity contribution in [3.8, 4) is 0 Å². The Morgan fingerprint density at radius 1 is 1.44 bits per heavy atom. The van der Waals surface area contributed by atoms with E-state index >= 15 is 0 Å². The highest BCUT2D eigenvalue weighted by atomic mass is 15.1. The van der Waals surface area contributed by atoms with E-state index in [4.69, 9.17) is 0 Å². The van der Waals surface area contributed by atoms with Crippen LogP contribution in [0.2, 0.25) is 0 Å². The summed E-state index contributed by atoms with van der Waals surface area (Å²) in [5, 5.41) is 0. The van der Waals surface area contributed by atoms with E-state index in [-0.39, 0.29) is 0 Å². The van der Waals surface area contributed by atoms with Gasteiger partial charge in [-0.2, -0.15) is 0 Å². The average molecular weight is 129 g/mol. The topological polar surface area (TPSA) is 3.24 Å². The Hall–Kier alpha value is -0.460. The van der Waals surface area contributed by atoms with E-state index in [2.05, 4.69) is 18.4 Å². The minimum absolute atomic E-state index is 1.11. The van der Waals surface area contributed by atoms with Gasteiger partial charge in [-0.25, -0.2) is 0 Å². The summed E-state index contributed by atoms with van der Waals surface area (Å²) in [5.74, 6) is 0. The number of hydrogen-bond acceptors (Lipinski definition) is 1. The van der Waals surface area contributed by atoms with Crippen LogP contribution < -0.4 is 0 Å². The summed E-state index contributed by atoms with van der Waals surface area (Å²) in [6.45, 7) is 10.9. The molecule has 0 unspecified atom stereocenters. The first-order valence-electron chi connectivity index (χ1n) is 3.64. The predicted octanol–water partition coefficient (Wildman–Crippen LogP) is 2.50. The fraction of sp³-hybridized carbons (Fsp3) is 0.750. The van der Waals surface area contributed by atoms with Gasteiger partial charge in [0.1, 0.15) is 0 Å². The van der Waals surface area contributed by atoms with Gasteiger partial charge in [-0.3, -0.25) is 0 Å². The molecular weight excluding hydrogens is 110 g/mol. The SMILES string of the molecule is C=CN(C)CCC.CC. The molecule has 0 aromatic rings. The van der Waals surface area contributed by atoms with Crippen LogP contribution in [0.3, 0.4) is 0 Å². The Balaban J connectivity index is 0. The molecule has 0 atom stereocenters. The molecule has 0 aromatic heterocycles. The van der Waals surface area contributed by atoms with Crippen molar-refractivity contribution in [3.63, 3.8) is 0 Å². The molecule has 0 spiro atoms. The van der Waals surface area contributed by atoms with E-state index < -0.39 is 0 Å². The number of rotatable bonds is 3. The maximum absolute atomic E-state index is 3.61. The molecular formula is C8H19N. The zero-order chi connectivity index (χ0) is 7.70. The quantitative estimate of drug-likeness (QED) is 0.566. The lowest BCUT2D eigenvalue weighted by Gasteiger charge is -2.09. The first kappa shape index (κ1) is 11.4. The smallest absolute Gasteiger partial charge is 0.0166 e. The lowest BCUT2D eigenvalue weighted by molar-refractivity contribution is 0.456. The van der Waals surface area contributed by atoms with E-state index in [1.807, 2.05) is 27.1 Å². The van der Waals surface area contributed by atoms with Gasteiger partial charge in [-0.1, -0.05) is 27.4 Å². The Morgan fingerprint density at radius 3 is 2.00 bits per heavy atom. The second-order valence-corrected chi connectivity index (χ2v) is 1.66. The summed E-state index contributed by atoms with van der Waals surface area (Å²) < 4.78 is 0. The van der Waals surface area contributed by atoms with Gasteiger partial charge in [0.05, 0.1) is 0 Å². The van der Waals surface area contributed by atoms with Crippen LogP contribution in [0.25, 0.3) is 0 Å². The van der Waals surface area contributed by atoms with Crippen molar-refractivity contribution in [1.82, 2.24) is 4.90 Å². The van der Waals surface area contributed by atoms with Crippen LogP contribution >= 0.6 is 0 Å². The van der Waals surface area contributed by atoms with Gasteiger partial charge in [0, 0.05) is 13.6 Å². The molecule has 0 saturated heterocycles. The van der Waals surface area contributed by atoms with Crippen molar-refractivity contribution in [2.45, 2.75) is 27.2 Å². The molecule has 0 bridgehead atoms. The molecule has 0 aliphatic heterocycles. The molecule has 0 N–H and O–H groups in total. The maximum atomic E-state index is 3.61. The summed E-state index contributed by atoms with van der Waals surface area (Å²) in [5.41, 5.74) is 0. The second kappa shape index (κ2) is 10.5. The van der Waals surface area contributed by atoms with Crippen molar-refractivity contribution >= 4 is 0 Å². The van der Waals surface area contributed by atoms with Gasteiger partial charge in [0.2, 0.25) is 0 Å². The third kappa shape index (κ3) is 11.2. The molecule has 0 saturated carbocycles. The zero-order valence-electron chi connectivity index (χ0n) is 7.15. The standard InChI is InChI=1S/C6H13N.C2H6/c1-4-6-7(3)5-2;1-2/h5H,2,4,6H2,1,3H3;1-2H3. The Morgan fingerprint density at radius 2 is 1.89 bits per heavy atom. The molecule has 1 heteroatoms.